The number of carboxylic acids is 1. The maximum atomic E-state index is 14.1. The lowest BCUT2D eigenvalue weighted by Crippen LogP contribution is -2.56. The normalized spacial score (nSPS) is 32.2. The highest BCUT2D eigenvalue weighted by Crippen LogP contribution is 2.63. The molecule has 3 saturated heterocycles. The number of amides is 2. The summed E-state index contributed by atoms with van der Waals surface area (Å²) in [7, 11) is 0. The molecule has 5 atom stereocenters. The third-order valence-corrected chi connectivity index (χ3v) is 7.62. The minimum Gasteiger partial charge on any atom is -0.481 e. The fourth-order valence-corrected chi connectivity index (χ4v) is 6.21. The molecular weight excluding hydrogens is 448 g/mol. The van der Waals surface area contributed by atoms with Crippen LogP contribution in [0.2, 0.25) is 5.02 Å². The van der Waals surface area contributed by atoms with Crippen LogP contribution in [-0.4, -0.2) is 69.8 Å². The second-order valence-electron chi connectivity index (χ2n) is 9.22. The first-order valence-electron chi connectivity index (χ1n) is 11.2. The fourth-order valence-electron chi connectivity index (χ4n) is 5.97. The Kier molecular flexibility index (Phi) is 6.28. The Morgan fingerprint density at radius 3 is 2.70 bits per heavy atom. The van der Waals surface area contributed by atoms with E-state index in [1.165, 1.54) is 9.80 Å². The minimum absolute atomic E-state index is 0.0379. The molecule has 1 aromatic rings. The molecule has 178 valence electrons. The average molecular weight is 477 g/mol. The van der Waals surface area contributed by atoms with Gasteiger partial charge in [-0.15, -0.1) is 6.58 Å². The van der Waals surface area contributed by atoms with Gasteiger partial charge in [0.25, 0.3) is 5.91 Å². The van der Waals surface area contributed by atoms with Crippen LogP contribution in [0.3, 0.4) is 0 Å². The number of ether oxygens (including phenoxy) is 1. The van der Waals surface area contributed by atoms with Crippen molar-refractivity contribution in [1.82, 2.24) is 4.90 Å². The van der Waals surface area contributed by atoms with Crippen molar-refractivity contribution in [2.24, 2.45) is 11.8 Å². The van der Waals surface area contributed by atoms with Crippen molar-refractivity contribution in [3.8, 4) is 0 Å². The first-order chi connectivity index (χ1) is 15.7. The van der Waals surface area contributed by atoms with Crippen LogP contribution >= 0.6 is 11.6 Å². The number of benzene rings is 1. The Morgan fingerprint density at radius 1 is 1.33 bits per heavy atom. The first-order valence-corrected chi connectivity index (χ1v) is 11.6. The molecule has 0 aromatic heterocycles. The zero-order chi connectivity index (χ0) is 24.0. The molecule has 3 heterocycles. The summed E-state index contributed by atoms with van der Waals surface area (Å²) in [5, 5.41) is 19.6. The summed E-state index contributed by atoms with van der Waals surface area (Å²) in [6, 6.07) is 5.94. The second-order valence-corrected chi connectivity index (χ2v) is 9.62. The molecule has 0 saturated carbocycles. The van der Waals surface area contributed by atoms with Crippen LogP contribution in [0.4, 0.5) is 5.69 Å². The summed E-state index contributed by atoms with van der Waals surface area (Å²) in [6.45, 7) is 5.84. The maximum Gasteiger partial charge on any atom is 0.310 e. The molecule has 1 aromatic carbocycles. The average Bonchev–Trinajstić information content (AvgIpc) is 3.33. The van der Waals surface area contributed by atoms with Crippen molar-refractivity contribution in [1.29, 1.82) is 0 Å². The predicted molar refractivity (Wildman–Crippen MR) is 122 cm³/mol. The van der Waals surface area contributed by atoms with Gasteiger partial charge in [-0.25, -0.2) is 0 Å². The zero-order valence-electron chi connectivity index (χ0n) is 18.6. The lowest BCUT2D eigenvalue weighted by Gasteiger charge is -2.37. The Balaban J connectivity index is 1.80. The number of fused-ring (bicyclic) bond motifs is 1. The Hall–Kier alpha value is -2.42. The number of aliphatic carboxylic acids is 1. The van der Waals surface area contributed by atoms with Gasteiger partial charge < -0.3 is 24.7 Å². The molecule has 1 spiro atoms. The standard InChI is InChI=1S/C24H29ClN2O6/c1-3-12-26(16-9-5-4-8-15(16)25)21(30)19-24-11-10-23(2,33-24)18(22(31)32)17(24)20(29)27(19)13-6-7-14-28/h3-5,8-9,17-19,28H,1,6-7,10-14H2,2H3,(H,31,32)/t17-,18+,19?,23-,24?/m0/s1. The monoisotopic (exact) mass is 476 g/mol. The maximum absolute atomic E-state index is 14.1. The summed E-state index contributed by atoms with van der Waals surface area (Å²) in [5.41, 5.74) is -1.73. The summed E-state index contributed by atoms with van der Waals surface area (Å²) >= 11 is 6.40. The predicted octanol–water partition coefficient (Wildman–Crippen LogP) is 2.48. The number of nitrogens with zero attached hydrogens (tertiary/aromatic N) is 2. The molecule has 3 fully saturated rings. The van der Waals surface area contributed by atoms with E-state index in [0.717, 1.165) is 0 Å². The van der Waals surface area contributed by atoms with Crippen molar-refractivity contribution in [3.05, 3.63) is 41.9 Å². The third-order valence-electron chi connectivity index (χ3n) is 7.30. The number of carbonyl (C=O) groups is 3. The molecule has 3 aliphatic heterocycles. The minimum atomic E-state index is -1.22. The van der Waals surface area contributed by atoms with E-state index in [1.54, 1.807) is 37.3 Å². The van der Waals surface area contributed by atoms with Gasteiger partial charge in [-0.2, -0.15) is 0 Å². The molecule has 8 nitrogen and oxygen atoms in total. The van der Waals surface area contributed by atoms with Crippen LogP contribution in [-0.2, 0) is 19.1 Å². The molecule has 2 unspecified atom stereocenters. The lowest BCUT2D eigenvalue weighted by molar-refractivity contribution is -0.154. The molecule has 2 bridgehead atoms. The van der Waals surface area contributed by atoms with Crippen molar-refractivity contribution < 1.29 is 29.3 Å². The van der Waals surface area contributed by atoms with Gasteiger partial charge in [0, 0.05) is 19.7 Å². The number of carbonyl (C=O) groups excluding carboxylic acids is 2. The van der Waals surface area contributed by atoms with E-state index in [-0.39, 0.29) is 31.5 Å². The van der Waals surface area contributed by atoms with Crippen molar-refractivity contribution in [2.45, 2.75) is 49.9 Å². The highest BCUT2D eigenvalue weighted by molar-refractivity contribution is 6.34. The van der Waals surface area contributed by atoms with E-state index in [0.29, 0.717) is 36.4 Å². The number of hydrogen-bond donors (Lipinski definition) is 2. The van der Waals surface area contributed by atoms with Gasteiger partial charge in [0.05, 0.1) is 28.1 Å². The SMILES string of the molecule is C=CCN(C(=O)C1N(CCCCO)C(=O)[C@@H]2[C@H](C(=O)O)[C@]3(C)CCC12O3)c1ccccc1Cl. The summed E-state index contributed by atoms with van der Waals surface area (Å²) < 4.78 is 6.38. The number of hydrogen-bond acceptors (Lipinski definition) is 5. The van der Waals surface area contributed by atoms with E-state index in [9.17, 15) is 24.6 Å². The Bertz CT molecular complexity index is 985. The van der Waals surface area contributed by atoms with E-state index in [1.807, 2.05) is 0 Å². The van der Waals surface area contributed by atoms with Gasteiger partial charge in [-0.1, -0.05) is 29.8 Å². The van der Waals surface area contributed by atoms with Crippen LogP contribution in [0.1, 0.15) is 32.6 Å². The number of carboxylic acid groups (broad SMARTS) is 1. The lowest BCUT2D eigenvalue weighted by atomic mass is 9.66. The number of aliphatic hydroxyl groups is 1. The number of para-hydroxylation sites is 1. The Morgan fingerprint density at radius 2 is 2.06 bits per heavy atom. The second kappa shape index (κ2) is 8.74. The summed E-state index contributed by atoms with van der Waals surface area (Å²) in [6.07, 6.45) is 3.40. The van der Waals surface area contributed by atoms with E-state index in [4.69, 9.17) is 16.3 Å². The first kappa shape index (κ1) is 23.7. The number of aliphatic hydroxyl groups excluding tert-OH is 1. The molecule has 0 radical (unpaired) electrons. The zero-order valence-corrected chi connectivity index (χ0v) is 19.3. The molecule has 33 heavy (non-hydrogen) atoms. The summed E-state index contributed by atoms with van der Waals surface area (Å²) in [4.78, 5) is 42.9. The molecule has 2 amide bonds. The van der Waals surface area contributed by atoms with Gasteiger partial charge in [0.1, 0.15) is 11.6 Å². The Labute approximate surface area is 197 Å². The number of likely N-dealkylation sites (tertiary alicyclic amines) is 1. The van der Waals surface area contributed by atoms with Gasteiger partial charge in [-0.05, 0) is 44.7 Å². The van der Waals surface area contributed by atoms with Crippen LogP contribution in [0.5, 0.6) is 0 Å². The van der Waals surface area contributed by atoms with Crippen LogP contribution in [0, 0.1) is 11.8 Å². The van der Waals surface area contributed by atoms with Gasteiger partial charge in [0.15, 0.2) is 0 Å². The van der Waals surface area contributed by atoms with E-state index in [2.05, 4.69) is 6.58 Å². The van der Waals surface area contributed by atoms with Crippen molar-refractivity contribution in [3.63, 3.8) is 0 Å². The number of anilines is 1. The van der Waals surface area contributed by atoms with Gasteiger partial charge >= 0.3 is 5.97 Å². The molecule has 9 heteroatoms. The quantitative estimate of drug-likeness (QED) is 0.419. The van der Waals surface area contributed by atoms with Crippen LogP contribution in [0.25, 0.3) is 0 Å². The topological polar surface area (TPSA) is 107 Å². The van der Waals surface area contributed by atoms with Crippen LogP contribution in [0.15, 0.2) is 36.9 Å². The number of halogens is 1. The highest BCUT2D eigenvalue weighted by Gasteiger charge is 2.78. The fraction of sp³-hybridized carbons (Fsp3) is 0.542. The molecular formula is C24H29ClN2O6. The van der Waals surface area contributed by atoms with Crippen molar-refractivity contribution >= 4 is 35.1 Å². The molecule has 3 aliphatic rings. The largest absolute Gasteiger partial charge is 0.481 e. The van der Waals surface area contributed by atoms with E-state index >= 15 is 0 Å². The third kappa shape index (κ3) is 3.55. The number of rotatable bonds is 9. The van der Waals surface area contributed by atoms with E-state index < -0.39 is 35.0 Å². The smallest absolute Gasteiger partial charge is 0.310 e. The van der Waals surface area contributed by atoms with Crippen LogP contribution < -0.4 is 4.90 Å². The molecule has 2 N–H and O–H groups in total. The van der Waals surface area contributed by atoms with Crippen molar-refractivity contribution in [2.75, 3.05) is 24.6 Å². The van der Waals surface area contributed by atoms with Gasteiger partial charge in [-0.3, -0.25) is 14.4 Å². The molecule has 4 rings (SSSR count). The molecule has 0 aliphatic carbocycles. The van der Waals surface area contributed by atoms with Gasteiger partial charge in [0.2, 0.25) is 5.91 Å². The summed E-state index contributed by atoms with van der Waals surface area (Å²) in [5.74, 6) is -3.80. The number of unbranched alkanes of at least 4 members (excludes halogenated alkanes) is 1. The highest BCUT2D eigenvalue weighted by atomic mass is 35.5.